The second kappa shape index (κ2) is 8.90. The second-order valence-electron chi connectivity index (χ2n) is 1.96. The molecule has 0 fully saturated rings. The molecule has 0 aliphatic heterocycles. The first-order valence-electron chi connectivity index (χ1n) is 3.29. The SMILES string of the molecule is C=CCN[C@@H](CS)C(=O)OC.Cl. The van der Waals surface area contributed by atoms with Crippen molar-refractivity contribution in [2.24, 2.45) is 0 Å². The van der Waals surface area contributed by atoms with Gasteiger partial charge >= 0.3 is 5.97 Å². The molecule has 1 N–H and O–H groups in total. The minimum absolute atomic E-state index is 0. The fourth-order valence-electron chi connectivity index (χ4n) is 0.590. The van der Waals surface area contributed by atoms with Crippen LogP contribution in [0, 0.1) is 0 Å². The number of halogens is 1. The van der Waals surface area contributed by atoms with E-state index in [0.717, 1.165) is 0 Å². The zero-order valence-corrected chi connectivity index (χ0v) is 8.66. The standard InChI is InChI=1S/C7H13NO2S.ClH/c1-3-4-8-6(5-11)7(9)10-2;/h3,6,8,11H,1,4-5H2,2H3;1H/t6-;/m0./s1. The summed E-state index contributed by atoms with van der Waals surface area (Å²) in [7, 11) is 1.36. The van der Waals surface area contributed by atoms with Crippen molar-refractivity contribution in [3.63, 3.8) is 0 Å². The minimum Gasteiger partial charge on any atom is -0.468 e. The van der Waals surface area contributed by atoms with E-state index in [1.807, 2.05) is 0 Å². The number of carbonyl (C=O) groups excluding carboxylic acids is 1. The van der Waals surface area contributed by atoms with Crippen molar-refractivity contribution in [1.29, 1.82) is 0 Å². The summed E-state index contributed by atoms with van der Waals surface area (Å²) in [6, 6.07) is -0.332. The van der Waals surface area contributed by atoms with Gasteiger partial charge in [-0.05, 0) is 0 Å². The molecule has 3 nitrogen and oxygen atoms in total. The minimum atomic E-state index is -0.332. The van der Waals surface area contributed by atoms with Gasteiger partial charge in [0, 0.05) is 12.3 Å². The fourth-order valence-corrected chi connectivity index (χ4v) is 0.868. The average Bonchev–Trinajstić information content (AvgIpc) is 2.05. The highest BCUT2D eigenvalue weighted by Gasteiger charge is 2.14. The molecule has 0 rings (SSSR count). The summed E-state index contributed by atoms with van der Waals surface area (Å²) in [4.78, 5) is 10.9. The summed E-state index contributed by atoms with van der Waals surface area (Å²) in [6.45, 7) is 4.10. The van der Waals surface area contributed by atoms with Crippen molar-refractivity contribution in [2.75, 3.05) is 19.4 Å². The van der Waals surface area contributed by atoms with E-state index in [2.05, 4.69) is 29.3 Å². The van der Waals surface area contributed by atoms with E-state index in [-0.39, 0.29) is 24.4 Å². The average molecular weight is 212 g/mol. The molecule has 0 aromatic rings. The highest BCUT2D eigenvalue weighted by Crippen LogP contribution is 1.90. The van der Waals surface area contributed by atoms with Crippen LogP contribution in [-0.2, 0) is 9.53 Å². The number of esters is 1. The molecule has 0 saturated heterocycles. The molecule has 72 valence electrons. The molecule has 0 bridgehead atoms. The molecule has 0 aliphatic carbocycles. The normalized spacial score (nSPS) is 11.2. The zero-order valence-electron chi connectivity index (χ0n) is 6.95. The molecule has 0 aromatic heterocycles. The topological polar surface area (TPSA) is 38.3 Å². The van der Waals surface area contributed by atoms with Crippen LogP contribution in [0.15, 0.2) is 12.7 Å². The summed E-state index contributed by atoms with van der Waals surface area (Å²) >= 11 is 3.98. The number of nitrogens with one attached hydrogen (secondary N) is 1. The molecule has 0 radical (unpaired) electrons. The van der Waals surface area contributed by atoms with E-state index in [1.54, 1.807) is 6.08 Å². The lowest BCUT2D eigenvalue weighted by molar-refractivity contribution is -0.142. The molecule has 0 amide bonds. The number of thiol groups is 1. The first-order chi connectivity index (χ1) is 5.26. The van der Waals surface area contributed by atoms with Crippen LogP contribution in [-0.4, -0.2) is 31.4 Å². The second-order valence-corrected chi connectivity index (χ2v) is 2.32. The van der Waals surface area contributed by atoms with Gasteiger partial charge in [-0.1, -0.05) is 6.08 Å². The lowest BCUT2D eigenvalue weighted by Gasteiger charge is -2.11. The summed E-state index contributed by atoms with van der Waals surface area (Å²) < 4.78 is 4.52. The molecular weight excluding hydrogens is 198 g/mol. The first-order valence-corrected chi connectivity index (χ1v) is 3.92. The number of hydrogen-bond donors (Lipinski definition) is 2. The molecule has 0 saturated carbocycles. The number of carbonyl (C=O) groups is 1. The van der Waals surface area contributed by atoms with Crippen LogP contribution in [0.2, 0.25) is 0 Å². The van der Waals surface area contributed by atoms with Gasteiger partial charge in [0.1, 0.15) is 6.04 Å². The Morgan fingerprint density at radius 1 is 1.83 bits per heavy atom. The van der Waals surface area contributed by atoms with Crippen LogP contribution in [0.3, 0.4) is 0 Å². The maximum absolute atomic E-state index is 10.9. The Bertz CT molecular complexity index is 143. The summed E-state index contributed by atoms with van der Waals surface area (Å²) in [5.74, 6) is 0.141. The zero-order chi connectivity index (χ0) is 8.69. The van der Waals surface area contributed by atoms with Gasteiger partial charge in [0.05, 0.1) is 7.11 Å². The third kappa shape index (κ3) is 5.46. The van der Waals surface area contributed by atoms with Crippen molar-refractivity contribution in [3.05, 3.63) is 12.7 Å². The summed E-state index contributed by atoms with van der Waals surface area (Å²) in [5.41, 5.74) is 0. The third-order valence-corrected chi connectivity index (χ3v) is 1.54. The number of hydrogen-bond acceptors (Lipinski definition) is 4. The van der Waals surface area contributed by atoms with E-state index in [4.69, 9.17) is 0 Å². The van der Waals surface area contributed by atoms with Gasteiger partial charge in [-0.3, -0.25) is 4.79 Å². The van der Waals surface area contributed by atoms with Gasteiger partial charge in [-0.15, -0.1) is 19.0 Å². The summed E-state index contributed by atoms with van der Waals surface area (Å²) in [6.07, 6.45) is 1.68. The van der Waals surface area contributed by atoms with Crippen LogP contribution >= 0.6 is 25.0 Å². The molecular formula is C7H14ClNO2S. The van der Waals surface area contributed by atoms with Gasteiger partial charge in [-0.2, -0.15) is 12.6 Å². The van der Waals surface area contributed by atoms with Crippen molar-refractivity contribution < 1.29 is 9.53 Å². The van der Waals surface area contributed by atoms with Crippen LogP contribution in [0.5, 0.6) is 0 Å². The van der Waals surface area contributed by atoms with Gasteiger partial charge in [0.2, 0.25) is 0 Å². The Kier molecular flexibility index (Phi) is 10.6. The van der Waals surface area contributed by atoms with E-state index >= 15 is 0 Å². The molecule has 0 aromatic carbocycles. The molecule has 12 heavy (non-hydrogen) atoms. The van der Waals surface area contributed by atoms with Crippen LogP contribution in [0.1, 0.15) is 0 Å². The monoisotopic (exact) mass is 211 g/mol. The summed E-state index contributed by atoms with van der Waals surface area (Å²) in [5, 5.41) is 2.90. The van der Waals surface area contributed by atoms with E-state index < -0.39 is 0 Å². The maximum atomic E-state index is 10.9. The highest BCUT2D eigenvalue weighted by atomic mass is 35.5. The van der Waals surface area contributed by atoms with E-state index in [9.17, 15) is 4.79 Å². The number of ether oxygens (including phenoxy) is 1. The van der Waals surface area contributed by atoms with Crippen molar-refractivity contribution in [2.45, 2.75) is 6.04 Å². The lowest BCUT2D eigenvalue weighted by atomic mass is 10.3. The number of rotatable bonds is 5. The Balaban J connectivity index is 0. The van der Waals surface area contributed by atoms with Crippen LogP contribution < -0.4 is 5.32 Å². The Labute approximate surface area is 84.4 Å². The number of methoxy groups -OCH3 is 1. The van der Waals surface area contributed by atoms with Crippen molar-refractivity contribution in [1.82, 2.24) is 5.32 Å². The van der Waals surface area contributed by atoms with Gasteiger partial charge in [0.25, 0.3) is 0 Å². The molecule has 0 spiro atoms. The third-order valence-electron chi connectivity index (χ3n) is 1.18. The quantitative estimate of drug-likeness (QED) is 0.399. The maximum Gasteiger partial charge on any atom is 0.323 e. The van der Waals surface area contributed by atoms with Crippen molar-refractivity contribution >= 4 is 31.0 Å². The molecule has 0 unspecified atom stereocenters. The smallest absolute Gasteiger partial charge is 0.323 e. The molecule has 0 heterocycles. The predicted molar refractivity (Wildman–Crippen MR) is 55.1 cm³/mol. The van der Waals surface area contributed by atoms with E-state index in [0.29, 0.717) is 12.3 Å². The van der Waals surface area contributed by atoms with Crippen LogP contribution in [0.25, 0.3) is 0 Å². The molecule has 1 atom stereocenters. The van der Waals surface area contributed by atoms with Crippen LogP contribution in [0.4, 0.5) is 0 Å². The van der Waals surface area contributed by atoms with Gasteiger partial charge < -0.3 is 10.1 Å². The van der Waals surface area contributed by atoms with Gasteiger partial charge in [-0.25, -0.2) is 0 Å². The Hall–Kier alpha value is -0.190. The Morgan fingerprint density at radius 2 is 2.42 bits per heavy atom. The predicted octanol–water partition coefficient (Wildman–Crippen LogP) is 0.655. The highest BCUT2D eigenvalue weighted by molar-refractivity contribution is 7.80. The van der Waals surface area contributed by atoms with Gasteiger partial charge in [0.15, 0.2) is 0 Å². The Morgan fingerprint density at radius 3 is 2.75 bits per heavy atom. The largest absolute Gasteiger partial charge is 0.468 e. The lowest BCUT2D eigenvalue weighted by Crippen LogP contribution is -2.39. The fraction of sp³-hybridized carbons (Fsp3) is 0.571. The van der Waals surface area contributed by atoms with E-state index in [1.165, 1.54) is 7.11 Å². The molecule has 0 aliphatic rings. The first kappa shape index (κ1) is 14.3. The van der Waals surface area contributed by atoms with Crippen molar-refractivity contribution in [3.8, 4) is 0 Å². The molecule has 5 heteroatoms.